The molecule has 0 aliphatic rings. The molecule has 1 atom stereocenters. The summed E-state index contributed by atoms with van der Waals surface area (Å²) in [6, 6.07) is 5.02. The highest BCUT2D eigenvalue weighted by Crippen LogP contribution is 2.41. The molecule has 28 heavy (non-hydrogen) atoms. The Labute approximate surface area is 159 Å². The van der Waals surface area contributed by atoms with E-state index in [9.17, 15) is 22.8 Å². The van der Waals surface area contributed by atoms with Gasteiger partial charge in [-0.05, 0) is 26.3 Å². The number of nitrogens with zero attached hydrogens (tertiary/aromatic N) is 2. The van der Waals surface area contributed by atoms with Crippen LogP contribution in [-0.4, -0.2) is 46.0 Å². The van der Waals surface area contributed by atoms with E-state index < -0.39 is 25.0 Å². The van der Waals surface area contributed by atoms with Crippen LogP contribution in [0.3, 0.4) is 0 Å². The normalized spacial score (nSPS) is 13.7. The minimum Gasteiger partial charge on any atom is -0.392 e. The molecule has 2 aromatic heterocycles. The summed E-state index contributed by atoms with van der Waals surface area (Å²) in [6.45, 7) is 4.84. The van der Waals surface area contributed by atoms with Crippen molar-refractivity contribution in [1.82, 2.24) is 15.0 Å². The number of para-hydroxylation sites is 1. The van der Waals surface area contributed by atoms with Crippen LogP contribution in [0.4, 0.5) is 19.1 Å². The predicted molar refractivity (Wildman–Crippen MR) is 104 cm³/mol. The Balaban J connectivity index is 2.21. The summed E-state index contributed by atoms with van der Waals surface area (Å²) in [6.07, 6.45) is -3.21. The summed E-state index contributed by atoms with van der Waals surface area (Å²) in [5.74, 6) is -0.0222. The Morgan fingerprint density at radius 2 is 2.04 bits per heavy atom. The van der Waals surface area contributed by atoms with E-state index in [2.05, 4.69) is 20.3 Å². The first-order valence-electron chi connectivity index (χ1n) is 8.50. The maximum atomic E-state index is 13.6. The number of alkyl halides is 3. The molecule has 0 saturated carbocycles. The van der Waals surface area contributed by atoms with Crippen molar-refractivity contribution in [1.29, 1.82) is 0 Å². The molecule has 2 heterocycles. The van der Waals surface area contributed by atoms with Crippen LogP contribution in [0.15, 0.2) is 30.6 Å². The summed E-state index contributed by atoms with van der Waals surface area (Å²) in [7, 11) is -2.64. The molecule has 3 N–H and O–H groups in total. The molecule has 1 aromatic carbocycles. The van der Waals surface area contributed by atoms with Crippen molar-refractivity contribution >= 4 is 29.3 Å². The topological polar surface area (TPSA) is 90.9 Å². The number of hydrogen-bond donors (Lipinski definition) is 3. The van der Waals surface area contributed by atoms with Crippen molar-refractivity contribution in [2.75, 3.05) is 25.2 Å². The molecule has 3 aromatic rings. The van der Waals surface area contributed by atoms with Gasteiger partial charge in [-0.2, -0.15) is 13.2 Å². The first-order valence-corrected chi connectivity index (χ1v) is 11.1. The third-order valence-corrected chi connectivity index (χ3v) is 5.71. The summed E-state index contributed by atoms with van der Waals surface area (Å²) in [4.78, 5) is 10.7. The van der Waals surface area contributed by atoms with E-state index in [4.69, 9.17) is 0 Å². The molecule has 0 amide bonds. The number of fused-ring (bicyclic) bond motifs is 1. The Morgan fingerprint density at radius 1 is 1.32 bits per heavy atom. The number of rotatable bonds is 5. The summed E-state index contributed by atoms with van der Waals surface area (Å²) < 4.78 is 53.2. The average molecular weight is 412 g/mol. The number of anilines is 1. The van der Waals surface area contributed by atoms with Gasteiger partial charge in [0, 0.05) is 35.2 Å². The van der Waals surface area contributed by atoms with Crippen molar-refractivity contribution in [3.63, 3.8) is 0 Å². The molecule has 1 unspecified atom stereocenters. The van der Waals surface area contributed by atoms with Crippen LogP contribution in [0.2, 0.25) is 0 Å². The molecular formula is C18H20F3N4O2P. The number of aliphatic hydroxyl groups excluding tert-OH is 1. The van der Waals surface area contributed by atoms with E-state index >= 15 is 0 Å². The quantitative estimate of drug-likeness (QED) is 0.556. The maximum absolute atomic E-state index is 13.6. The van der Waals surface area contributed by atoms with Crippen molar-refractivity contribution in [3.8, 4) is 11.3 Å². The van der Waals surface area contributed by atoms with Gasteiger partial charge in [-0.3, -0.25) is 0 Å². The SMILES string of the molecule is CC(O)CNc1ncc(C(F)(F)F)c(-c2c[nH]c3c(P(C)(C)=O)cccc23)n1. The second kappa shape index (κ2) is 7.22. The molecule has 3 rings (SSSR count). The van der Waals surface area contributed by atoms with Gasteiger partial charge in [-0.25, -0.2) is 9.97 Å². The van der Waals surface area contributed by atoms with Crippen LogP contribution in [0, 0.1) is 0 Å². The Kier molecular flexibility index (Phi) is 5.25. The second-order valence-corrected chi connectivity index (χ2v) is 10.1. The third kappa shape index (κ3) is 4.05. The van der Waals surface area contributed by atoms with Crippen LogP contribution in [0.1, 0.15) is 12.5 Å². The van der Waals surface area contributed by atoms with E-state index in [0.29, 0.717) is 16.2 Å². The van der Waals surface area contributed by atoms with Gasteiger partial charge in [0.05, 0.1) is 17.3 Å². The number of H-pyrrole nitrogens is 1. The maximum Gasteiger partial charge on any atom is 0.419 e. The summed E-state index contributed by atoms with van der Waals surface area (Å²) in [5.41, 5.74) is -0.505. The highest BCUT2D eigenvalue weighted by atomic mass is 31.2. The zero-order valence-corrected chi connectivity index (χ0v) is 16.4. The zero-order chi connectivity index (χ0) is 20.7. The molecule has 10 heteroatoms. The minimum absolute atomic E-state index is 0.0222. The van der Waals surface area contributed by atoms with Crippen molar-refractivity contribution in [2.45, 2.75) is 19.2 Å². The lowest BCUT2D eigenvalue weighted by atomic mass is 10.1. The Bertz CT molecular complexity index is 1060. The molecule has 0 bridgehead atoms. The van der Waals surface area contributed by atoms with Crippen LogP contribution in [0.25, 0.3) is 22.2 Å². The zero-order valence-electron chi connectivity index (χ0n) is 15.5. The van der Waals surface area contributed by atoms with Crippen molar-refractivity contribution in [2.24, 2.45) is 0 Å². The molecule has 0 fully saturated rings. The number of benzene rings is 1. The van der Waals surface area contributed by atoms with Gasteiger partial charge in [-0.15, -0.1) is 0 Å². The smallest absolute Gasteiger partial charge is 0.392 e. The fourth-order valence-electron chi connectivity index (χ4n) is 2.90. The standard InChI is InChI=1S/C18H20F3N4O2P/c1-10(26)7-23-17-24-9-13(18(19,20)21)15(25-17)12-8-22-16-11(12)5-4-6-14(16)28(2,3)27/h4-6,8-10,22,26H,7H2,1-3H3,(H,23,24,25). The minimum atomic E-state index is -4.65. The molecule has 0 radical (unpaired) electrons. The number of aromatic amines is 1. The van der Waals surface area contributed by atoms with Crippen LogP contribution in [-0.2, 0) is 10.7 Å². The number of halogens is 3. The van der Waals surface area contributed by atoms with E-state index in [0.717, 1.165) is 6.20 Å². The molecule has 0 saturated heterocycles. The van der Waals surface area contributed by atoms with E-state index in [-0.39, 0.29) is 23.8 Å². The van der Waals surface area contributed by atoms with Gasteiger partial charge in [0.2, 0.25) is 5.95 Å². The second-order valence-electron chi connectivity index (χ2n) is 6.94. The monoisotopic (exact) mass is 412 g/mol. The van der Waals surface area contributed by atoms with E-state index in [1.807, 2.05) is 0 Å². The van der Waals surface area contributed by atoms with Crippen LogP contribution >= 0.6 is 7.14 Å². The Hall–Kier alpha value is -2.38. The number of aliphatic hydroxyl groups is 1. The van der Waals surface area contributed by atoms with E-state index in [1.165, 1.54) is 13.1 Å². The fraction of sp³-hybridized carbons (Fsp3) is 0.333. The van der Waals surface area contributed by atoms with Crippen molar-refractivity contribution in [3.05, 3.63) is 36.2 Å². The average Bonchev–Trinajstić information content (AvgIpc) is 3.01. The highest BCUT2D eigenvalue weighted by Gasteiger charge is 2.36. The lowest BCUT2D eigenvalue weighted by molar-refractivity contribution is -0.137. The third-order valence-electron chi connectivity index (χ3n) is 4.18. The first kappa shape index (κ1) is 20.4. The number of nitrogens with one attached hydrogen (secondary N) is 2. The van der Waals surface area contributed by atoms with Gasteiger partial charge < -0.3 is 20.0 Å². The lowest BCUT2D eigenvalue weighted by Gasteiger charge is -2.14. The van der Waals surface area contributed by atoms with E-state index in [1.54, 1.807) is 31.5 Å². The molecule has 6 nitrogen and oxygen atoms in total. The van der Waals surface area contributed by atoms with Crippen molar-refractivity contribution < 1.29 is 22.8 Å². The number of aromatic nitrogens is 3. The number of hydrogen-bond acceptors (Lipinski definition) is 5. The molecular weight excluding hydrogens is 392 g/mol. The molecule has 150 valence electrons. The molecule has 0 spiro atoms. The molecule has 0 aliphatic carbocycles. The first-order chi connectivity index (χ1) is 13.0. The molecule has 0 aliphatic heterocycles. The lowest BCUT2D eigenvalue weighted by Crippen LogP contribution is -2.18. The Morgan fingerprint density at radius 3 is 2.64 bits per heavy atom. The fourth-order valence-corrected chi connectivity index (χ4v) is 4.07. The van der Waals surface area contributed by atoms with Gasteiger partial charge in [-0.1, -0.05) is 12.1 Å². The van der Waals surface area contributed by atoms with Gasteiger partial charge in [0.25, 0.3) is 0 Å². The van der Waals surface area contributed by atoms with Gasteiger partial charge in [0.1, 0.15) is 12.7 Å². The highest BCUT2D eigenvalue weighted by molar-refractivity contribution is 7.70. The van der Waals surface area contributed by atoms with Gasteiger partial charge in [0.15, 0.2) is 0 Å². The predicted octanol–water partition coefficient (Wildman–Crippen LogP) is 3.68. The summed E-state index contributed by atoms with van der Waals surface area (Å²) >= 11 is 0. The van der Waals surface area contributed by atoms with Crippen LogP contribution in [0.5, 0.6) is 0 Å². The van der Waals surface area contributed by atoms with Gasteiger partial charge >= 0.3 is 6.18 Å². The largest absolute Gasteiger partial charge is 0.419 e. The van der Waals surface area contributed by atoms with Crippen LogP contribution < -0.4 is 10.6 Å². The summed E-state index contributed by atoms with van der Waals surface area (Å²) in [5, 5.41) is 13.1.